The Labute approximate surface area is 99.1 Å². The Morgan fingerprint density at radius 2 is 1.94 bits per heavy atom. The first-order valence-electron chi connectivity index (χ1n) is 5.33. The van der Waals surface area contributed by atoms with Gasteiger partial charge in [0.15, 0.2) is 0 Å². The highest BCUT2D eigenvalue weighted by molar-refractivity contribution is 6.24. The van der Waals surface area contributed by atoms with Gasteiger partial charge in [-0.05, 0) is 13.8 Å². The maximum Gasteiger partial charge on any atom is 0.335 e. The molecule has 2 rings (SSSR count). The van der Waals surface area contributed by atoms with E-state index in [1.54, 1.807) is 26.0 Å². The Morgan fingerprint density at radius 1 is 1.35 bits per heavy atom. The van der Waals surface area contributed by atoms with Crippen LogP contribution in [0.15, 0.2) is 30.3 Å². The average Bonchev–Trinajstić information content (AvgIpc) is 2.27. The van der Waals surface area contributed by atoms with Crippen molar-refractivity contribution in [3.63, 3.8) is 0 Å². The van der Waals surface area contributed by atoms with Crippen LogP contribution in [0.3, 0.4) is 0 Å². The van der Waals surface area contributed by atoms with Gasteiger partial charge in [-0.2, -0.15) is 4.74 Å². The Hall–Kier alpha value is -1.88. The van der Waals surface area contributed by atoms with Gasteiger partial charge in [0.25, 0.3) is 0 Å². The molecule has 0 bridgehead atoms. The molecule has 5 heteroatoms. The number of nitrogens with zero attached hydrogens (tertiary/aromatic N) is 2. The standard InChI is InChI=1S/C12H14N2O3/c1-12(2)11(9-6-4-3-5-7-9)13(16)8-10(15)14(12)17/h3-8,11,17H,1-2H3. The molecule has 1 aliphatic rings. The summed E-state index contributed by atoms with van der Waals surface area (Å²) in [5.74, 6) is -0.697. The number of hydroxylamine groups is 3. The minimum absolute atomic E-state index is 0.602. The normalized spacial score (nSPS) is 23.5. The molecule has 0 fully saturated rings. The predicted molar refractivity (Wildman–Crippen MR) is 61.6 cm³/mol. The summed E-state index contributed by atoms with van der Waals surface area (Å²) in [5.41, 5.74) is -0.218. The largest absolute Gasteiger partial charge is 0.623 e. The van der Waals surface area contributed by atoms with Crippen molar-refractivity contribution in [3.05, 3.63) is 41.1 Å². The molecule has 0 saturated carbocycles. The summed E-state index contributed by atoms with van der Waals surface area (Å²) in [6.45, 7) is 3.31. The number of carbonyl (C=O) groups is 1. The molecule has 0 radical (unpaired) electrons. The summed E-state index contributed by atoms with van der Waals surface area (Å²) in [6.07, 6.45) is 0.864. The molecule has 0 saturated heterocycles. The summed E-state index contributed by atoms with van der Waals surface area (Å²) < 4.78 is 0.602. The molecular weight excluding hydrogens is 220 g/mol. The molecule has 1 N–H and O–H groups in total. The summed E-state index contributed by atoms with van der Waals surface area (Å²) in [6, 6.07) is 8.46. The van der Waals surface area contributed by atoms with Crippen LogP contribution in [0.4, 0.5) is 0 Å². The number of carbonyl (C=O) groups excluding carboxylic acids is 1. The Balaban J connectivity index is 2.52. The van der Waals surface area contributed by atoms with Gasteiger partial charge in [0.05, 0.1) is 0 Å². The number of rotatable bonds is 1. The Kier molecular flexibility index (Phi) is 2.63. The van der Waals surface area contributed by atoms with E-state index in [9.17, 15) is 15.2 Å². The van der Waals surface area contributed by atoms with Gasteiger partial charge in [-0.3, -0.25) is 10.0 Å². The lowest BCUT2D eigenvalue weighted by atomic mass is 9.87. The number of amides is 1. The lowest BCUT2D eigenvalue weighted by molar-refractivity contribution is -0.532. The maximum absolute atomic E-state index is 11.9. The van der Waals surface area contributed by atoms with Crippen LogP contribution in [0.25, 0.3) is 0 Å². The molecule has 1 atom stereocenters. The van der Waals surface area contributed by atoms with Crippen LogP contribution in [0.2, 0.25) is 0 Å². The highest BCUT2D eigenvalue weighted by Gasteiger charge is 2.48. The third-order valence-corrected chi connectivity index (χ3v) is 3.03. The lowest BCUT2D eigenvalue weighted by Gasteiger charge is -2.39. The van der Waals surface area contributed by atoms with Crippen molar-refractivity contribution in [2.75, 3.05) is 0 Å². The van der Waals surface area contributed by atoms with Gasteiger partial charge in [0.2, 0.25) is 12.3 Å². The second-order valence-electron chi connectivity index (χ2n) is 4.61. The highest BCUT2D eigenvalue weighted by Crippen LogP contribution is 2.34. The first-order chi connectivity index (χ1) is 7.94. The molecule has 1 unspecified atom stereocenters. The second kappa shape index (κ2) is 3.85. The van der Waals surface area contributed by atoms with Gasteiger partial charge < -0.3 is 5.21 Å². The smallest absolute Gasteiger partial charge is 0.335 e. The van der Waals surface area contributed by atoms with Crippen molar-refractivity contribution in [3.8, 4) is 0 Å². The Bertz CT molecular complexity index is 468. The van der Waals surface area contributed by atoms with E-state index in [-0.39, 0.29) is 0 Å². The van der Waals surface area contributed by atoms with E-state index < -0.39 is 17.5 Å². The predicted octanol–water partition coefficient (Wildman–Crippen LogP) is 1.32. The summed E-state index contributed by atoms with van der Waals surface area (Å²) >= 11 is 0. The molecule has 0 aliphatic carbocycles. The lowest BCUT2D eigenvalue weighted by Crippen LogP contribution is -2.56. The fourth-order valence-corrected chi connectivity index (χ4v) is 2.14. The zero-order chi connectivity index (χ0) is 12.6. The van der Waals surface area contributed by atoms with Crippen LogP contribution >= 0.6 is 0 Å². The van der Waals surface area contributed by atoms with E-state index in [2.05, 4.69) is 0 Å². The highest BCUT2D eigenvalue weighted by atomic mass is 16.5. The van der Waals surface area contributed by atoms with Crippen molar-refractivity contribution in [1.29, 1.82) is 0 Å². The minimum Gasteiger partial charge on any atom is -0.623 e. The van der Waals surface area contributed by atoms with E-state index in [0.717, 1.165) is 11.8 Å². The van der Waals surface area contributed by atoms with Crippen LogP contribution < -0.4 is 0 Å². The molecule has 17 heavy (non-hydrogen) atoms. The van der Waals surface area contributed by atoms with Crippen molar-refractivity contribution in [2.24, 2.45) is 0 Å². The number of hydrogen-bond donors (Lipinski definition) is 1. The molecule has 0 aromatic heterocycles. The molecule has 90 valence electrons. The van der Waals surface area contributed by atoms with Crippen LogP contribution in [0.5, 0.6) is 0 Å². The van der Waals surface area contributed by atoms with Crippen molar-refractivity contribution < 1.29 is 14.7 Å². The van der Waals surface area contributed by atoms with Crippen LogP contribution in [0, 0.1) is 5.21 Å². The van der Waals surface area contributed by atoms with E-state index in [1.165, 1.54) is 0 Å². The second-order valence-corrected chi connectivity index (χ2v) is 4.61. The van der Waals surface area contributed by atoms with Crippen molar-refractivity contribution in [2.45, 2.75) is 25.4 Å². The molecule has 1 amide bonds. The summed E-state index contributed by atoms with van der Waals surface area (Å²) in [7, 11) is 0. The van der Waals surface area contributed by atoms with Crippen molar-refractivity contribution >= 4 is 12.1 Å². The van der Waals surface area contributed by atoms with E-state index in [0.29, 0.717) is 9.80 Å². The zero-order valence-electron chi connectivity index (χ0n) is 9.70. The third-order valence-electron chi connectivity index (χ3n) is 3.03. The monoisotopic (exact) mass is 234 g/mol. The first-order valence-corrected chi connectivity index (χ1v) is 5.33. The SMILES string of the molecule is CC1(C)C(c2ccccc2)[N+]([O-])=CC(=O)N1O. The topological polar surface area (TPSA) is 66.6 Å². The quantitative estimate of drug-likeness (QED) is 0.452. The molecular formula is C12H14N2O3. The van der Waals surface area contributed by atoms with Gasteiger partial charge in [0, 0.05) is 5.56 Å². The van der Waals surface area contributed by atoms with E-state index in [4.69, 9.17) is 0 Å². The van der Waals surface area contributed by atoms with Gasteiger partial charge in [-0.25, -0.2) is 5.06 Å². The minimum atomic E-state index is -0.977. The summed E-state index contributed by atoms with van der Waals surface area (Å²) in [4.78, 5) is 11.4. The first kappa shape index (κ1) is 11.6. The number of hydrogen-bond acceptors (Lipinski definition) is 3. The molecule has 1 aromatic carbocycles. The third kappa shape index (κ3) is 1.78. The fourth-order valence-electron chi connectivity index (χ4n) is 2.14. The van der Waals surface area contributed by atoms with Crippen LogP contribution in [-0.2, 0) is 4.79 Å². The van der Waals surface area contributed by atoms with Gasteiger partial charge in [0.1, 0.15) is 5.54 Å². The van der Waals surface area contributed by atoms with Gasteiger partial charge >= 0.3 is 5.91 Å². The Morgan fingerprint density at radius 3 is 2.53 bits per heavy atom. The van der Waals surface area contributed by atoms with Crippen LogP contribution in [-0.4, -0.2) is 32.7 Å². The molecule has 0 spiro atoms. The number of benzene rings is 1. The average molecular weight is 234 g/mol. The maximum atomic E-state index is 11.9. The van der Waals surface area contributed by atoms with Gasteiger partial charge in [-0.15, -0.1) is 0 Å². The molecule has 1 aromatic rings. The molecule has 1 heterocycles. The van der Waals surface area contributed by atoms with Crippen LogP contribution in [0.1, 0.15) is 25.5 Å². The molecule has 1 aliphatic heterocycles. The van der Waals surface area contributed by atoms with Crippen molar-refractivity contribution in [1.82, 2.24) is 5.06 Å². The zero-order valence-corrected chi connectivity index (χ0v) is 9.70. The van der Waals surface area contributed by atoms with Gasteiger partial charge in [-0.1, -0.05) is 30.3 Å². The van der Waals surface area contributed by atoms with E-state index >= 15 is 0 Å². The molecule has 5 nitrogen and oxygen atoms in total. The van der Waals surface area contributed by atoms with E-state index in [1.807, 2.05) is 18.2 Å². The summed E-state index contributed by atoms with van der Waals surface area (Å²) in [5, 5.41) is 22.2. The fraction of sp³-hybridized carbons (Fsp3) is 0.333.